The summed E-state index contributed by atoms with van der Waals surface area (Å²) in [6, 6.07) is 4.20. The van der Waals surface area contributed by atoms with Crippen LogP contribution in [0.5, 0.6) is 0 Å². The van der Waals surface area contributed by atoms with Crippen LogP contribution in [0, 0.1) is 0 Å². The van der Waals surface area contributed by atoms with E-state index in [9.17, 15) is 4.21 Å². The molecule has 1 aromatic rings. The minimum Gasteiger partial charge on any atom is -0.260 e. The molecule has 0 aliphatic rings. The van der Waals surface area contributed by atoms with Gasteiger partial charge in [0.2, 0.25) is 0 Å². The molecule has 0 amide bonds. The van der Waals surface area contributed by atoms with Gasteiger partial charge in [0.25, 0.3) is 0 Å². The molecule has 0 radical (unpaired) electrons. The Balaban J connectivity index is 2.85. The standard InChI is InChI=1S/C15H26N2OS/c1-11(9-15(5,6)19(16)18)12-7-8-13(17-10-12)14(2,3)4/h7-8,10-11H,9,16H2,1-6H3/t11-,19?/m0/s1. The molecule has 0 saturated carbocycles. The molecular weight excluding hydrogens is 256 g/mol. The maximum atomic E-state index is 11.5. The van der Waals surface area contributed by atoms with E-state index in [4.69, 9.17) is 5.14 Å². The molecule has 0 spiro atoms. The van der Waals surface area contributed by atoms with Crippen molar-refractivity contribution in [3.8, 4) is 0 Å². The summed E-state index contributed by atoms with van der Waals surface area (Å²) in [5, 5.41) is 5.53. The first-order chi connectivity index (χ1) is 8.54. The summed E-state index contributed by atoms with van der Waals surface area (Å²) in [7, 11) is -1.31. The number of rotatable bonds is 4. The molecule has 0 saturated heterocycles. The summed E-state index contributed by atoms with van der Waals surface area (Å²) in [5.74, 6) is 0.295. The quantitative estimate of drug-likeness (QED) is 0.921. The SMILES string of the molecule is C[C@@H](CC(C)(C)S(N)=O)c1ccc(C(C)(C)C)nc1. The number of aromatic nitrogens is 1. The zero-order valence-electron chi connectivity index (χ0n) is 12.9. The fourth-order valence-electron chi connectivity index (χ4n) is 2.08. The fraction of sp³-hybridized carbons (Fsp3) is 0.667. The first kappa shape index (κ1) is 16.3. The molecule has 1 rings (SSSR count). The van der Waals surface area contributed by atoms with Crippen LogP contribution in [-0.4, -0.2) is 13.9 Å². The molecule has 0 aromatic carbocycles. The maximum Gasteiger partial charge on any atom is 0.0945 e. The number of hydrogen-bond donors (Lipinski definition) is 1. The third kappa shape index (κ3) is 4.39. The number of hydrogen-bond acceptors (Lipinski definition) is 2. The predicted molar refractivity (Wildman–Crippen MR) is 82.4 cm³/mol. The summed E-state index contributed by atoms with van der Waals surface area (Å²) in [4.78, 5) is 4.54. The van der Waals surface area contributed by atoms with Gasteiger partial charge in [0.15, 0.2) is 0 Å². The summed E-state index contributed by atoms with van der Waals surface area (Å²) in [6.07, 6.45) is 2.72. The lowest BCUT2D eigenvalue weighted by Crippen LogP contribution is -2.33. The van der Waals surface area contributed by atoms with Gasteiger partial charge in [-0.1, -0.05) is 33.8 Å². The summed E-state index contributed by atoms with van der Waals surface area (Å²) >= 11 is 0. The lowest BCUT2D eigenvalue weighted by Gasteiger charge is -2.25. The Kier molecular flexibility index (Phi) is 4.91. The average molecular weight is 282 g/mol. The normalized spacial score (nSPS) is 16.2. The van der Waals surface area contributed by atoms with Gasteiger partial charge in [-0.3, -0.25) is 10.1 Å². The van der Waals surface area contributed by atoms with E-state index in [1.807, 2.05) is 20.0 Å². The monoisotopic (exact) mass is 282 g/mol. The fourth-order valence-corrected chi connectivity index (χ4v) is 2.49. The van der Waals surface area contributed by atoms with Crippen LogP contribution >= 0.6 is 0 Å². The molecule has 0 fully saturated rings. The molecule has 1 heterocycles. The molecule has 1 unspecified atom stereocenters. The van der Waals surface area contributed by atoms with Crippen LogP contribution in [0.1, 0.15) is 65.1 Å². The third-order valence-electron chi connectivity index (χ3n) is 3.47. The second-order valence-corrected chi connectivity index (χ2v) is 8.59. The average Bonchev–Trinajstić information content (AvgIpc) is 2.27. The second-order valence-electron chi connectivity index (χ2n) is 6.89. The lowest BCUT2D eigenvalue weighted by atomic mass is 9.89. The highest BCUT2D eigenvalue weighted by atomic mass is 32.2. The number of pyridine rings is 1. The van der Waals surface area contributed by atoms with E-state index in [0.29, 0.717) is 5.92 Å². The van der Waals surface area contributed by atoms with Crippen molar-refractivity contribution >= 4 is 11.0 Å². The lowest BCUT2D eigenvalue weighted by molar-refractivity contribution is 0.536. The third-order valence-corrected chi connectivity index (χ3v) is 4.72. The maximum absolute atomic E-state index is 11.5. The zero-order chi connectivity index (χ0) is 14.8. The Morgan fingerprint density at radius 2 is 1.84 bits per heavy atom. The molecule has 0 aliphatic carbocycles. The van der Waals surface area contributed by atoms with Crippen LogP contribution in [0.3, 0.4) is 0 Å². The van der Waals surface area contributed by atoms with Gasteiger partial charge >= 0.3 is 0 Å². The molecule has 19 heavy (non-hydrogen) atoms. The largest absolute Gasteiger partial charge is 0.260 e. The molecule has 1 aromatic heterocycles. The van der Waals surface area contributed by atoms with E-state index in [1.165, 1.54) is 5.56 Å². The summed E-state index contributed by atoms with van der Waals surface area (Å²) in [5.41, 5.74) is 2.33. The van der Waals surface area contributed by atoms with Gasteiger partial charge in [0.1, 0.15) is 0 Å². The van der Waals surface area contributed by atoms with Gasteiger partial charge in [0.05, 0.1) is 15.7 Å². The Bertz CT molecular complexity index is 446. The Labute approximate surface area is 119 Å². The second kappa shape index (κ2) is 5.71. The number of nitrogens with zero attached hydrogens (tertiary/aromatic N) is 1. The number of nitrogens with two attached hydrogens (primary N) is 1. The van der Waals surface area contributed by atoms with Crippen LogP contribution in [0.25, 0.3) is 0 Å². The van der Waals surface area contributed by atoms with E-state index in [0.717, 1.165) is 12.1 Å². The molecule has 4 heteroatoms. The first-order valence-electron chi connectivity index (χ1n) is 6.67. The van der Waals surface area contributed by atoms with Gasteiger partial charge in [-0.05, 0) is 37.8 Å². The van der Waals surface area contributed by atoms with Crippen molar-refractivity contribution in [1.29, 1.82) is 0 Å². The minimum absolute atomic E-state index is 0.0692. The van der Waals surface area contributed by atoms with Crippen molar-refractivity contribution in [2.75, 3.05) is 0 Å². The van der Waals surface area contributed by atoms with E-state index in [2.05, 4.69) is 44.8 Å². The van der Waals surface area contributed by atoms with Crippen LogP contribution in [-0.2, 0) is 16.4 Å². The van der Waals surface area contributed by atoms with Crippen molar-refractivity contribution < 1.29 is 4.21 Å². The molecule has 108 valence electrons. The Morgan fingerprint density at radius 3 is 2.21 bits per heavy atom. The molecule has 0 aliphatic heterocycles. The molecular formula is C15H26N2OS. The smallest absolute Gasteiger partial charge is 0.0945 e. The highest BCUT2D eigenvalue weighted by Crippen LogP contribution is 2.29. The Hall–Kier alpha value is -0.740. The highest BCUT2D eigenvalue weighted by molar-refractivity contribution is 7.84. The van der Waals surface area contributed by atoms with Crippen molar-refractivity contribution in [2.45, 2.75) is 64.0 Å². The topological polar surface area (TPSA) is 56.0 Å². The van der Waals surface area contributed by atoms with Gasteiger partial charge in [-0.2, -0.15) is 0 Å². The van der Waals surface area contributed by atoms with Gasteiger partial charge in [-0.15, -0.1) is 0 Å². The predicted octanol–water partition coefficient (Wildman–Crippen LogP) is 3.27. The van der Waals surface area contributed by atoms with E-state index < -0.39 is 11.0 Å². The summed E-state index contributed by atoms with van der Waals surface area (Å²) in [6.45, 7) is 12.5. The minimum atomic E-state index is -1.31. The molecule has 3 nitrogen and oxygen atoms in total. The molecule has 2 atom stereocenters. The Morgan fingerprint density at radius 1 is 1.26 bits per heavy atom. The summed E-state index contributed by atoms with van der Waals surface area (Å²) < 4.78 is 11.1. The molecule has 2 N–H and O–H groups in total. The van der Waals surface area contributed by atoms with Crippen molar-refractivity contribution in [3.63, 3.8) is 0 Å². The van der Waals surface area contributed by atoms with Crippen LogP contribution in [0.4, 0.5) is 0 Å². The van der Waals surface area contributed by atoms with Crippen molar-refractivity contribution in [3.05, 3.63) is 29.6 Å². The van der Waals surface area contributed by atoms with Crippen molar-refractivity contribution in [2.24, 2.45) is 5.14 Å². The van der Waals surface area contributed by atoms with Gasteiger partial charge < -0.3 is 0 Å². The zero-order valence-corrected chi connectivity index (χ0v) is 13.7. The molecule has 0 bridgehead atoms. The van der Waals surface area contributed by atoms with Gasteiger partial charge in [0, 0.05) is 17.3 Å². The van der Waals surface area contributed by atoms with E-state index in [-0.39, 0.29) is 10.2 Å². The van der Waals surface area contributed by atoms with E-state index in [1.54, 1.807) is 0 Å². The van der Waals surface area contributed by atoms with Crippen LogP contribution in [0.15, 0.2) is 18.3 Å². The van der Waals surface area contributed by atoms with Crippen molar-refractivity contribution in [1.82, 2.24) is 4.98 Å². The van der Waals surface area contributed by atoms with E-state index >= 15 is 0 Å². The van der Waals surface area contributed by atoms with Gasteiger partial charge in [-0.25, -0.2) is 4.21 Å². The van der Waals surface area contributed by atoms with Crippen LogP contribution in [0.2, 0.25) is 0 Å². The van der Waals surface area contributed by atoms with Crippen LogP contribution < -0.4 is 5.14 Å². The first-order valence-corrected chi connectivity index (χ1v) is 7.88. The highest BCUT2D eigenvalue weighted by Gasteiger charge is 2.27.